The zero-order valence-electron chi connectivity index (χ0n) is 18.6. The van der Waals surface area contributed by atoms with Gasteiger partial charge in [-0.2, -0.15) is 4.57 Å². The van der Waals surface area contributed by atoms with Crippen LogP contribution in [0, 0.1) is 0 Å². The zero-order valence-corrected chi connectivity index (χ0v) is 20.2. The number of nitrogens with zero attached hydrogens (tertiary/aromatic N) is 1. The van der Waals surface area contributed by atoms with Crippen LogP contribution in [-0.4, -0.2) is 33.1 Å². The molecule has 0 saturated heterocycles. The summed E-state index contributed by atoms with van der Waals surface area (Å²) in [6.07, 6.45) is 5.86. The molecular formula is C26H24BrNO5. The highest BCUT2D eigenvalue weighted by atomic mass is 79.9. The lowest BCUT2D eigenvalue weighted by atomic mass is 10.0. The van der Waals surface area contributed by atoms with Crippen LogP contribution < -0.4 is 31.0 Å². The standard InChI is InChI=1S/C26H24NO5.BrH/c1-30-23-13-19-12-20(25(28)21(19)14-24(23)31-2)11-18-9-10-27(16-22(18)26(29)32-3)15-17-7-5-4-6-8-17;/h4-11,13-14,16H,12,15H2,1-3H3;1H/q+1;/p-1/b20-11+;. The van der Waals surface area contributed by atoms with Crippen LogP contribution in [0.3, 0.4) is 0 Å². The molecule has 1 heterocycles. The van der Waals surface area contributed by atoms with Gasteiger partial charge in [-0.15, -0.1) is 0 Å². The van der Waals surface area contributed by atoms with Gasteiger partial charge in [-0.3, -0.25) is 4.79 Å². The second-order valence-electron chi connectivity index (χ2n) is 7.50. The molecule has 7 heteroatoms. The first kappa shape index (κ1) is 24.2. The predicted octanol–water partition coefficient (Wildman–Crippen LogP) is 0.653. The maximum absolute atomic E-state index is 13.0. The van der Waals surface area contributed by atoms with Gasteiger partial charge in [0.2, 0.25) is 0 Å². The molecule has 0 aliphatic heterocycles. The van der Waals surface area contributed by atoms with Gasteiger partial charge in [-0.25, -0.2) is 4.79 Å². The molecule has 0 bridgehead atoms. The number of ether oxygens (including phenoxy) is 3. The summed E-state index contributed by atoms with van der Waals surface area (Å²) in [6.45, 7) is 0.617. The van der Waals surface area contributed by atoms with E-state index in [1.807, 2.05) is 53.2 Å². The van der Waals surface area contributed by atoms with Gasteiger partial charge in [-0.1, -0.05) is 30.3 Å². The number of halogens is 1. The van der Waals surface area contributed by atoms with E-state index < -0.39 is 5.97 Å². The molecule has 0 saturated carbocycles. The number of fused-ring (bicyclic) bond motifs is 1. The Balaban J connectivity index is 0.00000306. The van der Waals surface area contributed by atoms with Gasteiger partial charge >= 0.3 is 5.97 Å². The van der Waals surface area contributed by atoms with Crippen molar-refractivity contribution in [3.63, 3.8) is 0 Å². The van der Waals surface area contributed by atoms with Gasteiger partial charge in [0, 0.05) is 34.8 Å². The molecule has 6 nitrogen and oxygen atoms in total. The van der Waals surface area contributed by atoms with E-state index in [1.165, 1.54) is 14.2 Å². The first-order chi connectivity index (χ1) is 15.5. The van der Waals surface area contributed by atoms with Crippen molar-refractivity contribution in [1.29, 1.82) is 0 Å². The molecule has 170 valence electrons. The van der Waals surface area contributed by atoms with E-state index in [2.05, 4.69) is 0 Å². The van der Waals surface area contributed by atoms with Crippen LogP contribution in [0.25, 0.3) is 6.08 Å². The van der Waals surface area contributed by atoms with Crippen LogP contribution in [0.4, 0.5) is 0 Å². The Labute approximate surface area is 203 Å². The molecule has 0 amide bonds. The molecule has 1 aliphatic carbocycles. The largest absolute Gasteiger partial charge is 1.00 e. The average molecular weight is 510 g/mol. The first-order valence-electron chi connectivity index (χ1n) is 10.2. The molecule has 0 radical (unpaired) electrons. The van der Waals surface area contributed by atoms with Crippen molar-refractivity contribution in [3.05, 3.63) is 94.3 Å². The van der Waals surface area contributed by atoms with Crippen molar-refractivity contribution in [1.82, 2.24) is 0 Å². The second-order valence-corrected chi connectivity index (χ2v) is 7.50. The van der Waals surface area contributed by atoms with Crippen LogP contribution in [0.1, 0.15) is 37.4 Å². The fourth-order valence-electron chi connectivity index (χ4n) is 3.89. The second kappa shape index (κ2) is 10.4. The van der Waals surface area contributed by atoms with E-state index in [-0.39, 0.29) is 22.8 Å². The van der Waals surface area contributed by atoms with Crippen molar-refractivity contribution in [2.45, 2.75) is 13.0 Å². The van der Waals surface area contributed by atoms with Crippen LogP contribution in [0.15, 0.2) is 66.5 Å². The van der Waals surface area contributed by atoms with Gasteiger partial charge in [0.1, 0.15) is 5.56 Å². The predicted molar refractivity (Wildman–Crippen MR) is 119 cm³/mol. The minimum absolute atomic E-state index is 0. The van der Waals surface area contributed by atoms with E-state index >= 15 is 0 Å². The van der Waals surface area contributed by atoms with E-state index in [0.717, 1.165) is 11.1 Å². The Bertz CT molecular complexity index is 1220. The van der Waals surface area contributed by atoms with Crippen LogP contribution >= 0.6 is 0 Å². The molecule has 0 spiro atoms. The summed E-state index contributed by atoms with van der Waals surface area (Å²) in [5, 5.41) is 0. The highest BCUT2D eigenvalue weighted by molar-refractivity contribution is 6.16. The van der Waals surface area contributed by atoms with Crippen molar-refractivity contribution < 1.29 is 45.3 Å². The number of esters is 1. The molecule has 1 aliphatic rings. The third kappa shape index (κ3) is 4.98. The minimum Gasteiger partial charge on any atom is -1.00 e. The quantitative estimate of drug-likeness (QED) is 0.277. The summed E-state index contributed by atoms with van der Waals surface area (Å²) >= 11 is 0. The molecule has 2 aromatic carbocycles. The maximum atomic E-state index is 13.0. The Morgan fingerprint density at radius 2 is 1.73 bits per heavy atom. The van der Waals surface area contributed by atoms with Gasteiger partial charge in [-0.05, 0) is 23.8 Å². The third-order valence-corrected chi connectivity index (χ3v) is 5.52. The summed E-state index contributed by atoms with van der Waals surface area (Å²) in [6, 6.07) is 15.3. The summed E-state index contributed by atoms with van der Waals surface area (Å²) in [5.41, 5.74) is 4.20. The number of hydrogen-bond acceptors (Lipinski definition) is 5. The van der Waals surface area contributed by atoms with Crippen molar-refractivity contribution in [2.24, 2.45) is 0 Å². The highest BCUT2D eigenvalue weighted by Gasteiger charge is 2.28. The number of ketones is 1. The lowest BCUT2D eigenvalue weighted by Gasteiger charge is -2.08. The summed E-state index contributed by atoms with van der Waals surface area (Å²) in [4.78, 5) is 25.5. The van der Waals surface area contributed by atoms with Gasteiger partial charge in [0.15, 0.2) is 36.2 Å². The topological polar surface area (TPSA) is 65.7 Å². The van der Waals surface area contributed by atoms with Crippen LogP contribution in [-0.2, 0) is 17.7 Å². The summed E-state index contributed by atoms with van der Waals surface area (Å²) in [5.74, 6) is 0.554. The number of Topliss-reactive ketones (excluding diaryl/α,β-unsaturated/α-hetero) is 1. The number of methoxy groups -OCH3 is 3. The van der Waals surface area contributed by atoms with E-state index in [4.69, 9.17) is 14.2 Å². The Hall–Kier alpha value is -3.45. The van der Waals surface area contributed by atoms with Gasteiger partial charge in [0.25, 0.3) is 0 Å². The number of carbonyl (C=O) groups is 2. The molecule has 33 heavy (non-hydrogen) atoms. The maximum Gasteiger partial charge on any atom is 0.344 e. The molecule has 0 N–H and O–H groups in total. The molecule has 1 aromatic heterocycles. The number of benzene rings is 2. The molecule has 0 fully saturated rings. The average Bonchev–Trinajstić information content (AvgIpc) is 3.13. The third-order valence-electron chi connectivity index (χ3n) is 5.52. The SMILES string of the molecule is COC(=O)c1c[n+](Cc2ccccc2)ccc1/C=C1\Cc2cc(OC)c(OC)cc2C1=O.[Br-]. The molecule has 0 unspecified atom stereocenters. The number of allylic oxidation sites excluding steroid dienone is 1. The van der Waals surface area contributed by atoms with E-state index in [9.17, 15) is 9.59 Å². The smallest absolute Gasteiger partial charge is 0.344 e. The fourth-order valence-corrected chi connectivity index (χ4v) is 3.89. The Morgan fingerprint density at radius 3 is 2.39 bits per heavy atom. The van der Waals surface area contributed by atoms with Gasteiger partial charge < -0.3 is 31.2 Å². The monoisotopic (exact) mass is 509 g/mol. The fraction of sp³-hybridized carbons (Fsp3) is 0.192. The number of aromatic nitrogens is 1. The van der Waals surface area contributed by atoms with Crippen molar-refractivity contribution in [2.75, 3.05) is 21.3 Å². The van der Waals surface area contributed by atoms with E-state index in [1.54, 1.807) is 25.4 Å². The molecule has 0 atom stereocenters. The van der Waals surface area contributed by atoms with E-state index in [0.29, 0.717) is 46.7 Å². The van der Waals surface area contributed by atoms with Crippen LogP contribution in [0.2, 0.25) is 0 Å². The Morgan fingerprint density at radius 1 is 1.03 bits per heavy atom. The Kier molecular flexibility index (Phi) is 7.66. The molecular weight excluding hydrogens is 486 g/mol. The zero-order chi connectivity index (χ0) is 22.7. The van der Waals surface area contributed by atoms with Crippen molar-refractivity contribution in [3.8, 4) is 11.5 Å². The number of carbonyl (C=O) groups excluding carboxylic acids is 2. The first-order valence-corrected chi connectivity index (χ1v) is 10.2. The summed E-state index contributed by atoms with van der Waals surface area (Å²) in [7, 11) is 4.45. The summed E-state index contributed by atoms with van der Waals surface area (Å²) < 4.78 is 17.6. The molecule has 3 aromatic rings. The van der Waals surface area contributed by atoms with Crippen molar-refractivity contribution >= 4 is 17.8 Å². The lowest BCUT2D eigenvalue weighted by Crippen LogP contribution is -3.00. The highest BCUT2D eigenvalue weighted by Crippen LogP contribution is 2.37. The number of hydrogen-bond donors (Lipinski definition) is 0. The van der Waals surface area contributed by atoms with Crippen LogP contribution in [0.5, 0.6) is 11.5 Å². The lowest BCUT2D eigenvalue weighted by molar-refractivity contribution is -0.688. The number of pyridine rings is 1. The number of rotatable bonds is 6. The normalized spacial score (nSPS) is 13.3. The van der Waals surface area contributed by atoms with Gasteiger partial charge in [0.05, 0.1) is 21.3 Å². The minimum atomic E-state index is -0.453. The molecule has 4 rings (SSSR count).